The minimum absolute atomic E-state index is 0.0224. The molecule has 9 nitrogen and oxygen atoms in total. The Morgan fingerprint density at radius 1 is 1.15 bits per heavy atom. The number of likely N-dealkylation sites (tertiary alicyclic amines) is 1. The monoisotopic (exact) mass is 454 g/mol. The van der Waals surface area contributed by atoms with Crippen molar-refractivity contribution in [2.24, 2.45) is 5.92 Å². The van der Waals surface area contributed by atoms with Crippen molar-refractivity contribution >= 4 is 34.7 Å². The first kappa shape index (κ1) is 22.8. The number of H-pyrrole nitrogens is 1. The van der Waals surface area contributed by atoms with Gasteiger partial charge in [-0.3, -0.25) is 19.3 Å². The van der Waals surface area contributed by atoms with Crippen molar-refractivity contribution in [1.82, 2.24) is 20.1 Å². The summed E-state index contributed by atoms with van der Waals surface area (Å²) in [5, 5.41) is 3.81. The van der Waals surface area contributed by atoms with Crippen LogP contribution in [0, 0.1) is 5.92 Å². The third-order valence-corrected chi connectivity index (χ3v) is 6.68. The zero-order valence-electron chi connectivity index (χ0n) is 18.8. The number of methoxy groups -OCH3 is 1. The van der Waals surface area contributed by atoms with E-state index in [1.807, 2.05) is 30.5 Å². The number of urea groups is 1. The van der Waals surface area contributed by atoms with Gasteiger partial charge in [0.15, 0.2) is 0 Å². The minimum atomic E-state index is -0.665. The smallest absolute Gasteiger partial charge is 0.324 e. The third kappa shape index (κ3) is 5.18. The molecule has 33 heavy (non-hydrogen) atoms. The predicted octanol–water partition coefficient (Wildman–Crippen LogP) is 2.21. The fourth-order valence-corrected chi connectivity index (χ4v) is 4.69. The van der Waals surface area contributed by atoms with Crippen LogP contribution in [-0.4, -0.2) is 71.4 Å². The number of para-hydroxylation sites is 1. The summed E-state index contributed by atoms with van der Waals surface area (Å²) >= 11 is 0. The van der Waals surface area contributed by atoms with Crippen LogP contribution in [0.2, 0.25) is 0 Å². The molecule has 0 aliphatic carbocycles. The predicted molar refractivity (Wildman–Crippen MR) is 121 cm³/mol. The Morgan fingerprint density at radius 2 is 1.91 bits per heavy atom. The lowest BCUT2D eigenvalue weighted by Crippen LogP contribution is -2.40. The zero-order chi connectivity index (χ0) is 23.4. The van der Waals surface area contributed by atoms with Crippen LogP contribution in [0.3, 0.4) is 0 Å². The van der Waals surface area contributed by atoms with Crippen LogP contribution < -0.4 is 5.32 Å². The van der Waals surface area contributed by atoms with Crippen molar-refractivity contribution in [3.05, 3.63) is 36.0 Å². The lowest BCUT2D eigenvalue weighted by atomic mass is 9.93. The van der Waals surface area contributed by atoms with Gasteiger partial charge in [-0.1, -0.05) is 18.2 Å². The van der Waals surface area contributed by atoms with E-state index in [2.05, 4.69) is 10.3 Å². The maximum absolute atomic E-state index is 12.8. The first-order valence-corrected chi connectivity index (χ1v) is 11.5. The molecule has 4 rings (SSSR count). The Labute approximate surface area is 192 Å². The molecule has 0 unspecified atom stereocenters. The number of hydrogen-bond donors (Lipinski definition) is 2. The van der Waals surface area contributed by atoms with Gasteiger partial charge < -0.3 is 19.9 Å². The molecule has 2 aromatic rings. The van der Waals surface area contributed by atoms with E-state index >= 15 is 0 Å². The molecular formula is C24H30N4O5. The van der Waals surface area contributed by atoms with E-state index in [-0.39, 0.29) is 36.5 Å². The molecule has 3 heterocycles. The number of nitrogens with one attached hydrogen (secondary N) is 2. The number of esters is 1. The summed E-state index contributed by atoms with van der Waals surface area (Å²) in [6, 6.07) is 6.85. The number of amides is 4. The topological polar surface area (TPSA) is 112 Å². The molecule has 176 valence electrons. The highest BCUT2D eigenvalue weighted by Gasteiger charge is 2.38. The molecule has 1 atom stereocenters. The molecule has 9 heteroatoms. The van der Waals surface area contributed by atoms with Crippen LogP contribution in [0.5, 0.6) is 0 Å². The Kier molecular flexibility index (Phi) is 6.96. The van der Waals surface area contributed by atoms with E-state index in [1.54, 1.807) is 4.90 Å². The average Bonchev–Trinajstić information content (AvgIpc) is 3.36. The SMILES string of the molecule is COC(=O)CC1CCN(C(=O)CC[C@H]2NC(=O)N(CCc3c[nH]c4ccccc34)C2=O)CC1. The van der Waals surface area contributed by atoms with Crippen LogP contribution in [0.4, 0.5) is 4.79 Å². The van der Waals surface area contributed by atoms with Crippen molar-refractivity contribution in [1.29, 1.82) is 0 Å². The number of fused-ring (bicyclic) bond motifs is 1. The number of nitrogens with zero attached hydrogens (tertiary/aromatic N) is 2. The summed E-state index contributed by atoms with van der Waals surface area (Å²) in [6.45, 7) is 1.50. The molecule has 1 aromatic heterocycles. The minimum Gasteiger partial charge on any atom is -0.469 e. The fraction of sp³-hybridized carbons (Fsp3) is 0.500. The number of carbonyl (C=O) groups excluding carboxylic acids is 4. The highest BCUT2D eigenvalue weighted by Crippen LogP contribution is 2.23. The van der Waals surface area contributed by atoms with Gasteiger partial charge in [-0.25, -0.2) is 4.79 Å². The van der Waals surface area contributed by atoms with Crippen LogP contribution in [0.1, 0.15) is 37.7 Å². The fourth-order valence-electron chi connectivity index (χ4n) is 4.69. The number of aromatic amines is 1. The van der Waals surface area contributed by atoms with Crippen molar-refractivity contribution in [2.75, 3.05) is 26.7 Å². The highest BCUT2D eigenvalue weighted by molar-refractivity contribution is 6.04. The largest absolute Gasteiger partial charge is 0.469 e. The standard InChI is InChI=1S/C24H30N4O5/c1-33-22(30)14-16-8-11-27(12-9-16)21(29)7-6-20-23(31)28(24(32)26-20)13-10-17-15-25-19-5-3-2-4-18(17)19/h2-5,15-16,20,25H,6-14H2,1H3,(H,26,32)/t20-/m1/s1. The van der Waals surface area contributed by atoms with E-state index in [4.69, 9.17) is 4.74 Å². The number of carbonyl (C=O) groups is 4. The number of aromatic nitrogens is 1. The normalized spacial score (nSPS) is 19.2. The van der Waals surface area contributed by atoms with E-state index in [9.17, 15) is 19.2 Å². The van der Waals surface area contributed by atoms with Gasteiger partial charge in [0.25, 0.3) is 5.91 Å². The molecule has 2 aliphatic heterocycles. The van der Waals surface area contributed by atoms with Crippen LogP contribution in [-0.2, 0) is 25.5 Å². The van der Waals surface area contributed by atoms with Gasteiger partial charge in [-0.05, 0) is 43.2 Å². The summed E-state index contributed by atoms with van der Waals surface area (Å²) in [7, 11) is 1.38. The Bertz CT molecular complexity index is 1040. The molecule has 2 fully saturated rings. The number of hydrogen-bond acceptors (Lipinski definition) is 5. The van der Waals surface area contributed by atoms with Gasteiger partial charge in [0.1, 0.15) is 6.04 Å². The molecule has 0 saturated carbocycles. The van der Waals surface area contributed by atoms with Gasteiger partial charge in [0.05, 0.1) is 7.11 Å². The van der Waals surface area contributed by atoms with E-state index in [1.165, 1.54) is 12.0 Å². The van der Waals surface area contributed by atoms with Gasteiger partial charge in [-0.2, -0.15) is 0 Å². The van der Waals surface area contributed by atoms with E-state index < -0.39 is 12.1 Å². The molecule has 2 aliphatic rings. The highest BCUT2D eigenvalue weighted by atomic mass is 16.5. The second-order valence-corrected chi connectivity index (χ2v) is 8.74. The number of imide groups is 1. The van der Waals surface area contributed by atoms with E-state index in [0.29, 0.717) is 32.5 Å². The number of rotatable bonds is 8. The van der Waals surface area contributed by atoms with Crippen LogP contribution in [0.25, 0.3) is 10.9 Å². The first-order valence-electron chi connectivity index (χ1n) is 11.5. The van der Waals surface area contributed by atoms with Crippen molar-refractivity contribution in [2.45, 2.75) is 44.6 Å². The molecule has 2 saturated heterocycles. The zero-order valence-corrected chi connectivity index (χ0v) is 18.8. The van der Waals surface area contributed by atoms with Gasteiger partial charge in [-0.15, -0.1) is 0 Å². The molecule has 0 spiro atoms. The summed E-state index contributed by atoms with van der Waals surface area (Å²) in [5.74, 6) is -0.275. The Balaban J connectivity index is 1.23. The van der Waals surface area contributed by atoms with Crippen molar-refractivity contribution in [3.63, 3.8) is 0 Å². The first-order chi connectivity index (χ1) is 16.0. The quantitative estimate of drug-likeness (QED) is 0.469. The summed E-state index contributed by atoms with van der Waals surface area (Å²) < 4.78 is 4.72. The molecule has 1 aromatic carbocycles. The maximum Gasteiger partial charge on any atom is 0.324 e. The second-order valence-electron chi connectivity index (χ2n) is 8.74. The van der Waals surface area contributed by atoms with Crippen LogP contribution in [0.15, 0.2) is 30.5 Å². The molecule has 4 amide bonds. The second kappa shape index (κ2) is 10.1. The van der Waals surface area contributed by atoms with Gasteiger partial charge >= 0.3 is 12.0 Å². The number of ether oxygens (including phenoxy) is 1. The Morgan fingerprint density at radius 3 is 2.67 bits per heavy atom. The number of piperidine rings is 1. The van der Waals surface area contributed by atoms with Gasteiger partial charge in [0.2, 0.25) is 5.91 Å². The summed E-state index contributed by atoms with van der Waals surface area (Å²) in [5.41, 5.74) is 2.08. The van der Waals surface area contributed by atoms with Crippen molar-refractivity contribution < 1.29 is 23.9 Å². The lowest BCUT2D eigenvalue weighted by Gasteiger charge is -2.31. The lowest BCUT2D eigenvalue weighted by molar-refractivity contribution is -0.142. The van der Waals surface area contributed by atoms with Crippen LogP contribution >= 0.6 is 0 Å². The third-order valence-electron chi connectivity index (χ3n) is 6.68. The summed E-state index contributed by atoms with van der Waals surface area (Å²) in [4.78, 5) is 55.4. The molecular weight excluding hydrogens is 424 g/mol. The maximum atomic E-state index is 12.8. The molecule has 2 N–H and O–H groups in total. The summed E-state index contributed by atoms with van der Waals surface area (Å²) in [6.07, 6.45) is 4.88. The molecule has 0 bridgehead atoms. The average molecular weight is 455 g/mol. The number of benzene rings is 1. The van der Waals surface area contributed by atoms with Gasteiger partial charge in [0, 0.05) is 49.6 Å². The van der Waals surface area contributed by atoms with Crippen molar-refractivity contribution in [3.8, 4) is 0 Å². The van der Waals surface area contributed by atoms with E-state index in [0.717, 1.165) is 29.3 Å². The Hall–Kier alpha value is -3.36. The molecule has 0 radical (unpaired) electrons.